The quantitative estimate of drug-likeness (QED) is 0.389. The minimum Gasteiger partial charge on any atom is -0.444 e. The first kappa shape index (κ1) is 30.3. The number of ether oxygens (including phenoxy) is 1. The van der Waals surface area contributed by atoms with Crippen LogP contribution in [0.5, 0.6) is 0 Å². The van der Waals surface area contributed by atoms with Crippen molar-refractivity contribution in [3.8, 4) is 0 Å². The number of alkyl carbamates (subject to hydrolysis) is 1. The minimum absolute atomic E-state index is 0.234. The Morgan fingerprint density at radius 3 is 2.21 bits per heavy atom. The van der Waals surface area contributed by atoms with Crippen molar-refractivity contribution in [3.63, 3.8) is 0 Å². The number of rotatable bonds is 12. The monoisotopic (exact) mass is 524 g/mol. The first-order valence-electron chi connectivity index (χ1n) is 12.9. The van der Waals surface area contributed by atoms with E-state index in [0.717, 1.165) is 17.5 Å². The van der Waals surface area contributed by atoms with Gasteiger partial charge in [-0.2, -0.15) is 0 Å². The average molecular weight is 525 g/mol. The Hall–Kier alpha value is -3.88. The number of benzene rings is 2. The van der Waals surface area contributed by atoms with E-state index < -0.39 is 42.0 Å². The first-order valence-corrected chi connectivity index (χ1v) is 12.9. The summed E-state index contributed by atoms with van der Waals surface area (Å²) in [4.78, 5) is 53.5. The summed E-state index contributed by atoms with van der Waals surface area (Å²) in [6.45, 7) is 9.43. The van der Waals surface area contributed by atoms with Crippen LogP contribution in [0.4, 0.5) is 4.79 Å². The van der Waals surface area contributed by atoms with Gasteiger partial charge in [-0.25, -0.2) is 4.79 Å². The number of primary amides is 1. The van der Waals surface area contributed by atoms with Gasteiger partial charge in [0.2, 0.25) is 17.7 Å². The number of nitrogens with zero attached hydrogens (tertiary/aromatic N) is 1. The molecule has 0 heterocycles. The summed E-state index contributed by atoms with van der Waals surface area (Å²) < 4.78 is 5.31. The Morgan fingerprint density at radius 1 is 1.00 bits per heavy atom. The number of nitrogens with one attached hydrogen (secondary N) is 2. The van der Waals surface area contributed by atoms with Gasteiger partial charge in [0.25, 0.3) is 0 Å². The maximum atomic E-state index is 14.0. The predicted octanol–water partition coefficient (Wildman–Crippen LogP) is 3.75. The topological polar surface area (TPSA) is 131 Å². The molecule has 9 nitrogen and oxygen atoms in total. The van der Waals surface area contributed by atoms with Gasteiger partial charge < -0.3 is 26.0 Å². The molecule has 4 N–H and O–H groups in total. The second-order valence-corrected chi connectivity index (χ2v) is 10.2. The summed E-state index contributed by atoms with van der Waals surface area (Å²) in [6, 6.07) is 14.5. The van der Waals surface area contributed by atoms with E-state index in [2.05, 4.69) is 10.6 Å². The molecule has 0 bridgehead atoms. The van der Waals surface area contributed by atoms with Gasteiger partial charge in [-0.15, -0.1) is 0 Å². The van der Waals surface area contributed by atoms with Crippen molar-refractivity contribution in [3.05, 3.63) is 71.3 Å². The SMILES string of the molecule is CCCCN(C(=O)C(CC(N)=O)NC(=O)OC(C)(C)C)C(C(=O)NCc1ccccc1)c1ccccc1C. The van der Waals surface area contributed by atoms with Crippen molar-refractivity contribution in [2.24, 2.45) is 5.73 Å². The number of hydrogen-bond acceptors (Lipinski definition) is 5. The van der Waals surface area contributed by atoms with Gasteiger partial charge in [-0.1, -0.05) is 67.9 Å². The van der Waals surface area contributed by atoms with Crippen LogP contribution in [0.15, 0.2) is 54.6 Å². The van der Waals surface area contributed by atoms with E-state index in [0.29, 0.717) is 12.0 Å². The van der Waals surface area contributed by atoms with Crippen molar-refractivity contribution in [1.82, 2.24) is 15.5 Å². The maximum absolute atomic E-state index is 14.0. The number of aryl methyl sites for hydroxylation is 1. The largest absolute Gasteiger partial charge is 0.444 e. The lowest BCUT2D eigenvalue weighted by Crippen LogP contribution is -2.54. The molecule has 0 aromatic heterocycles. The number of nitrogens with two attached hydrogens (primary N) is 1. The molecule has 38 heavy (non-hydrogen) atoms. The predicted molar refractivity (Wildman–Crippen MR) is 146 cm³/mol. The standard InChI is InChI=1S/C29H40N4O5/c1-6-7-17-33(27(36)23(18-24(30)34)32-28(37)38-29(3,4)5)25(22-16-12-11-13-20(22)2)26(35)31-19-21-14-9-8-10-15-21/h8-16,23,25H,6-7,17-19H2,1-5H3,(H2,30,34)(H,31,35)(H,32,37). The van der Waals surface area contributed by atoms with Crippen LogP contribution in [0.25, 0.3) is 0 Å². The first-order chi connectivity index (χ1) is 17.9. The molecule has 2 aromatic carbocycles. The average Bonchev–Trinajstić information content (AvgIpc) is 2.84. The minimum atomic E-state index is -1.30. The van der Waals surface area contributed by atoms with Crippen molar-refractivity contribution in [2.75, 3.05) is 6.54 Å². The van der Waals surface area contributed by atoms with Crippen molar-refractivity contribution in [1.29, 1.82) is 0 Å². The summed E-state index contributed by atoms with van der Waals surface area (Å²) >= 11 is 0. The normalized spacial score (nSPS) is 12.7. The molecule has 0 spiro atoms. The van der Waals surface area contributed by atoms with Gasteiger partial charge in [0, 0.05) is 13.1 Å². The number of carbonyl (C=O) groups excluding carboxylic acids is 4. The van der Waals surface area contributed by atoms with Crippen molar-refractivity contribution < 1.29 is 23.9 Å². The molecule has 2 aromatic rings. The third-order valence-electron chi connectivity index (χ3n) is 5.78. The summed E-state index contributed by atoms with van der Waals surface area (Å²) in [5, 5.41) is 5.45. The lowest BCUT2D eigenvalue weighted by molar-refractivity contribution is -0.143. The molecule has 206 valence electrons. The van der Waals surface area contributed by atoms with Gasteiger partial charge in [0.15, 0.2) is 0 Å². The van der Waals surface area contributed by atoms with Crippen LogP contribution in [-0.2, 0) is 25.7 Å². The number of carbonyl (C=O) groups is 4. The van der Waals surface area contributed by atoms with E-state index in [1.54, 1.807) is 26.8 Å². The summed E-state index contributed by atoms with van der Waals surface area (Å²) in [6.07, 6.45) is 0.0759. The highest BCUT2D eigenvalue weighted by molar-refractivity contribution is 5.94. The lowest BCUT2D eigenvalue weighted by Gasteiger charge is -2.35. The zero-order valence-corrected chi connectivity index (χ0v) is 23.0. The van der Waals surface area contributed by atoms with Crippen LogP contribution in [0.2, 0.25) is 0 Å². The molecule has 2 atom stereocenters. The molecule has 9 heteroatoms. The van der Waals surface area contributed by atoms with Gasteiger partial charge in [0.05, 0.1) is 6.42 Å². The van der Waals surface area contributed by atoms with Crippen LogP contribution < -0.4 is 16.4 Å². The van der Waals surface area contributed by atoms with Gasteiger partial charge in [-0.3, -0.25) is 14.4 Å². The molecule has 0 aliphatic rings. The summed E-state index contributed by atoms with van der Waals surface area (Å²) in [5.74, 6) is -1.73. The Morgan fingerprint density at radius 2 is 1.63 bits per heavy atom. The third-order valence-corrected chi connectivity index (χ3v) is 5.78. The van der Waals surface area contributed by atoms with Crippen LogP contribution in [0.1, 0.15) is 69.7 Å². The highest BCUT2D eigenvalue weighted by atomic mass is 16.6. The Balaban J connectivity index is 2.47. The van der Waals surface area contributed by atoms with Crippen LogP contribution in [0, 0.1) is 6.92 Å². The zero-order valence-electron chi connectivity index (χ0n) is 23.0. The molecule has 4 amide bonds. The zero-order chi connectivity index (χ0) is 28.3. The second kappa shape index (κ2) is 14.2. The molecular formula is C29H40N4O5. The highest BCUT2D eigenvalue weighted by Crippen LogP contribution is 2.26. The van der Waals surface area contributed by atoms with E-state index >= 15 is 0 Å². The molecular weight excluding hydrogens is 484 g/mol. The molecule has 0 radical (unpaired) electrons. The Bertz CT molecular complexity index is 1100. The van der Waals surface area contributed by atoms with Gasteiger partial charge >= 0.3 is 6.09 Å². The fourth-order valence-electron chi connectivity index (χ4n) is 3.97. The molecule has 0 saturated carbocycles. The Kier molecular flexibility index (Phi) is 11.3. The van der Waals surface area contributed by atoms with Crippen molar-refractivity contribution in [2.45, 2.75) is 78.1 Å². The molecule has 0 saturated heterocycles. The van der Waals surface area contributed by atoms with E-state index in [1.165, 1.54) is 4.90 Å². The van der Waals surface area contributed by atoms with E-state index in [1.807, 2.05) is 62.4 Å². The molecule has 2 rings (SSSR count). The molecule has 2 unspecified atom stereocenters. The Labute approximate surface area is 225 Å². The summed E-state index contributed by atoms with van der Waals surface area (Å²) in [7, 11) is 0. The second-order valence-electron chi connectivity index (χ2n) is 10.2. The van der Waals surface area contributed by atoms with Crippen LogP contribution >= 0.6 is 0 Å². The van der Waals surface area contributed by atoms with Crippen LogP contribution in [0.3, 0.4) is 0 Å². The third kappa shape index (κ3) is 9.53. The molecule has 0 aliphatic heterocycles. The fourth-order valence-corrected chi connectivity index (χ4v) is 3.97. The number of hydrogen-bond donors (Lipinski definition) is 3. The van der Waals surface area contributed by atoms with E-state index in [4.69, 9.17) is 10.5 Å². The smallest absolute Gasteiger partial charge is 0.408 e. The van der Waals surface area contributed by atoms with Crippen LogP contribution in [-0.4, -0.2) is 46.9 Å². The van der Waals surface area contributed by atoms with E-state index in [-0.39, 0.29) is 19.0 Å². The lowest BCUT2D eigenvalue weighted by atomic mass is 9.97. The number of amides is 4. The molecule has 0 aliphatic carbocycles. The molecule has 0 fully saturated rings. The summed E-state index contributed by atoms with van der Waals surface area (Å²) in [5.41, 5.74) is 7.01. The van der Waals surface area contributed by atoms with Gasteiger partial charge in [0.1, 0.15) is 17.7 Å². The maximum Gasteiger partial charge on any atom is 0.408 e. The number of unbranched alkanes of at least 4 members (excludes halogenated alkanes) is 1. The van der Waals surface area contributed by atoms with Crippen molar-refractivity contribution >= 4 is 23.8 Å². The van der Waals surface area contributed by atoms with E-state index in [9.17, 15) is 19.2 Å². The fraction of sp³-hybridized carbons (Fsp3) is 0.448. The highest BCUT2D eigenvalue weighted by Gasteiger charge is 2.37. The van der Waals surface area contributed by atoms with Gasteiger partial charge in [-0.05, 0) is 50.8 Å².